The number of benzene rings is 2. The Bertz CT molecular complexity index is 741. The second kappa shape index (κ2) is 5.17. The summed E-state index contributed by atoms with van der Waals surface area (Å²) in [4.78, 5) is 3.03. The van der Waals surface area contributed by atoms with Crippen molar-refractivity contribution in [2.45, 2.75) is 13.1 Å². The van der Waals surface area contributed by atoms with Crippen molar-refractivity contribution in [3.8, 4) is 11.1 Å². The van der Waals surface area contributed by atoms with Crippen molar-refractivity contribution in [2.24, 2.45) is 0 Å². The number of aryl methyl sites for hydroxylation is 1. The highest BCUT2D eigenvalue weighted by Crippen LogP contribution is 2.37. The fraction of sp³-hybridized carbons (Fsp3) is 0.133. The second-order valence-electron chi connectivity index (χ2n) is 4.48. The molecule has 21 heavy (non-hydrogen) atoms. The van der Waals surface area contributed by atoms with E-state index >= 15 is 0 Å². The van der Waals surface area contributed by atoms with Crippen LogP contribution in [0.2, 0.25) is 0 Å². The Hall–Kier alpha value is -2.42. The van der Waals surface area contributed by atoms with Crippen LogP contribution in [0, 0.1) is 25.1 Å². The van der Waals surface area contributed by atoms with Gasteiger partial charge in [0.05, 0.1) is 12.1 Å². The van der Waals surface area contributed by atoms with Crippen LogP contribution in [0.3, 0.4) is 0 Å². The molecular formula is C15H8F5N. The van der Waals surface area contributed by atoms with Crippen LogP contribution in [-0.2, 0) is 6.18 Å². The first-order valence-electron chi connectivity index (χ1n) is 5.78. The summed E-state index contributed by atoms with van der Waals surface area (Å²) in [5.41, 5.74) is -0.892. The van der Waals surface area contributed by atoms with Gasteiger partial charge >= 0.3 is 6.18 Å². The van der Waals surface area contributed by atoms with Crippen LogP contribution in [0.1, 0.15) is 11.1 Å². The summed E-state index contributed by atoms with van der Waals surface area (Å²) in [6.45, 7) is 8.40. The minimum atomic E-state index is -4.56. The third-order valence-corrected chi connectivity index (χ3v) is 2.87. The number of alkyl halides is 3. The van der Waals surface area contributed by atoms with Gasteiger partial charge in [-0.15, -0.1) is 0 Å². The third kappa shape index (κ3) is 3.02. The van der Waals surface area contributed by atoms with E-state index in [9.17, 15) is 22.0 Å². The fourth-order valence-corrected chi connectivity index (χ4v) is 1.96. The largest absolute Gasteiger partial charge is 0.416 e. The maximum atomic E-state index is 13.3. The van der Waals surface area contributed by atoms with Crippen molar-refractivity contribution < 1.29 is 22.0 Å². The molecule has 0 heterocycles. The van der Waals surface area contributed by atoms with Gasteiger partial charge in [-0.3, -0.25) is 0 Å². The molecule has 0 spiro atoms. The number of hydrogen-bond acceptors (Lipinski definition) is 0. The molecule has 6 heteroatoms. The fourth-order valence-electron chi connectivity index (χ4n) is 1.96. The Labute approximate surface area is 117 Å². The SMILES string of the molecule is [C-]#[N+]c1cc(F)c(F)cc1-c1cc(C)cc(C(F)(F)F)c1. The molecule has 0 atom stereocenters. The van der Waals surface area contributed by atoms with E-state index in [1.54, 1.807) is 0 Å². The van der Waals surface area contributed by atoms with Crippen LogP contribution in [-0.4, -0.2) is 0 Å². The maximum Gasteiger partial charge on any atom is 0.416 e. The molecule has 0 aromatic heterocycles. The van der Waals surface area contributed by atoms with Crippen molar-refractivity contribution in [3.63, 3.8) is 0 Å². The molecule has 0 fully saturated rings. The molecule has 0 N–H and O–H groups in total. The highest BCUT2D eigenvalue weighted by atomic mass is 19.4. The summed E-state index contributed by atoms with van der Waals surface area (Å²) in [6.07, 6.45) is -4.56. The molecule has 2 aromatic carbocycles. The zero-order valence-corrected chi connectivity index (χ0v) is 10.7. The molecule has 0 saturated carbocycles. The van der Waals surface area contributed by atoms with Crippen LogP contribution < -0.4 is 0 Å². The zero-order valence-electron chi connectivity index (χ0n) is 10.7. The van der Waals surface area contributed by atoms with E-state index in [0.29, 0.717) is 11.6 Å². The van der Waals surface area contributed by atoms with Gasteiger partial charge in [0, 0.05) is 0 Å². The first-order chi connectivity index (χ1) is 9.72. The summed E-state index contributed by atoms with van der Waals surface area (Å²) >= 11 is 0. The van der Waals surface area contributed by atoms with Crippen LogP contribution in [0.15, 0.2) is 30.3 Å². The Morgan fingerprint density at radius 2 is 1.57 bits per heavy atom. The van der Waals surface area contributed by atoms with E-state index in [0.717, 1.165) is 18.2 Å². The van der Waals surface area contributed by atoms with Gasteiger partial charge in [0.2, 0.25) is 0 Å². The van der Waals surface area contributed by atoms with E-state index in [-0.39, 0.29) is 16.8 Å². The Balaban J connectivity index is 2.71. The maximum absolute atomic E-state index is 13.3. The smallest absolute Gasteiger partial charge is 0.237 e. The number of nitrogens with zero attached hydrogens (tertiary/aromatic N) is 1. The zero-order chi connectivity index (χ0) is 15.8. The van der Waals surface area contributed by atoms with Gasteiger partial charge in [-0.1, -0.05) is 6.07 Å². The molecule has 0 aliphatic rings. The number of rotatable bonds is 1. The molecule has 1 nitrogen and oxygen atoms in total. The van der Waals surface area contributed by atoms with Gasteiger partial charge in [-0.25, -0.2) is 13.6 Å². The Morgan fingerprint density at radius 1 is 0.952 bits per heavy atom. The van der Waals surface area contributed by atoms with Gasteiger partial charge in [-0.05, 0) is 47.9 Å². The lowest BCUT2D eigenvalue weighted by molar-refractivity contribution is -0.137. The normalized spacial score (nSPS) is 11.3. The monoisotopic (exact) mass is 297 g/mol. The van der Waals surface area contributed by atoms with E-state index in [2.05, 4.69) is 4.85 Å². The topological polar surface area (TPSA) is 4.36 Å². The van der Waals surface area contributed by atoms with Crippen molar-refractivity contribution >= 4 is 5.69 Å². The van der Waals surface area contributed by atoms with Crippen molar-refractivity contribution in [2.75, 3.05) is 0 Å². The van der Waals surface area contributed by atoms with Crippen molar-refractivity contribution in [1.29, 1.82) is 0 Å². The average Bonchev–Trinajstić information content (AvgIpc) is 2.39. The quantitative estimate of drug-likeness (QED) is 0.483. The molecule has 0 unspecified atom stereocenters. The summed E-state index contributed by atoms with van der Waals surface area (Å²) in [5, 5.41) is 0. The molecule has 0 saturated heterocycles. The van der Waals surface area contributed by atoms with Crippen molar-refractivity contribution in [1.82, 2.24) is 0 Å². The van der Waals surface area contributed by atoms with E-state index in [1.165, 1.54) is 13.0 Å². The van der Waals surface area contributed by atoms with E-state index in [1.807, 2.05) is 0 Å². The van der Waals surface area contributed by atoms with Crippen LogP contribution in [0.25, 0.3) is 16.0 Å². The van der Waals surface area contributed by atoms with E-state index in [4.69, 9.17) is 6.57 Å². The summed E-state index contributed by atoms with van der Waals surface area (Å²) in [5.74, 6) is -2.43. The van der Waals surface area contributed by atoms with Gasteiger partial charge in [0.15, 0.2) is 11.5 Å². The third-order valence-electron chi connectivity index (χ3n) is 2.87. The highest BCUT2D eigenvalue weighted by Gasteiger charge is 2.31. The number of halogens is 5. The molecule has 0 radical (unpaired) electrons. The minimum absolute atomic E-state index is 0.0206. The summed E-state index contributed by atoms with van der Waals surface area (Å²) in [7, 11) is 0. The standard InChI is InChI=1S/C15H8F5N/c1-8-3-9(5-10(4-8)15(18,19)20)11-6-12(16)13(17)7-14(11)21-2/h3-7H,1H3. The van der Waals surface area contributed by atoms with Crippen LogP contribution >= 0.6 is 0 Å². The molecular weight excluding hydrogens is 289 g/mol. The van der Waals surface area contributed by atoms with Gasteiger partial charge in [-0.2, -0.15) is 13.2 Å². The second-order valence-corrected chi connectivity index (χ2v) is 4.48. The molecule has 0 aliphatic carbocycles. The molecule has 2 aromatic rings. The average molecular weight is 297 g/mol. The van der Waals surface area contributed by atoms with Crippen LogP contribution in [0.5, 0.6) is 0 Å². The number of hydrogen-bond donors (Lipinski definition) is 0. The lowest BCUT2D eigenvalue weighted by Gasteiger charge is -2.12. The molecule has 0 bridgehead atoms. The molecule has 0 aliphatic heterocycles. The Kier molecular flexibility index (Phi) is 3.69. The summed E-state index contributed by atoms with van der Waals surface area (Å²) in [6, 6.07) is 4.55. The van der Waals surface area contributed by atoms with Gasteiger partial charge in [0.25, 0.3) is 0 Å². The summed E-state index contributed by atoms with van der Waals surface area (Å²) < 4.78 is 64.8. The first kappa shape index (κ1) is 15.0. The molecule has 0 amide bonds. The van der Waals surface area contributed by atoms with Crippen molar-refractivity contribution in [3.05, 3.63) is 64.5 Å². The first-order valence-corrected chi connectivity index (χ1v) is 5.78. The predicted molar refractivity (Wildman–Crippen MR) is 67.8 cm³/mol. The molecule has 108 valence electrons. The van der Waals surface area contributed by atoms with E-state index < -0.39 is 23.4 Å². The lowest BCUT2D eigenvalue weighted by Crippen LogP contribution is -2.05. The van der Waals surface area contributed by atoms with Crippen LogP contribution in [0.4, 0.5) is 27.6 Å². The van der Waals surface area contributed by atoms with Gasteiger partial charge < -0.3 is 0 Å². The molecule has 2 rings (SSSR count). The lowest BCUT2D eigenvalue weighted by atomic mass is 9.98. The highest BCUT2D eigenvalue weighted by molar-refractivity contribution is 5.79. The minimum Gasteiger partial charge on any atom is -0.237 e. The van der Waals surface area contributed by atoms with Gasteiger partial charge in [0.1, 0.15) is 5.82 Å². The Morgan fingerprint density at radius 3 is 2.14 bits per heavy atom. The predicted octanol–water partition coefficient (Wildman–Crippen LogP) is 5.51.